The molecule has 0 amide bonds. The average Bonchev–Trinajstić information content (AvgIpc) is 3.21. The molecule has 0 bridgehead atoms. The van der Waals surface area contributed by atoms with Crippen molar-refractivity contribution in [3.8, 4) is 28.2 Å². The van der Waals surface area contributed by atoms with Crippen molar-refractivity contribution < 1.29 is 4.39 Å². The molecule has 116 valence electrons. The SMILES string of the molecule is Fc1ccc(-c2ncn3c2-c2ccccc2-n2nncc2C3)cc1. The number of hydrogen-bond donors (Lipinski definition) is 0. The first-order valence-electron chi connectivity index (χ1n) is 7.62. The van der Waals surface area contributed by atoms with E-state index in [2.05, 4.69) is 19.9 Å². The molecule has 0 N–H and O–H groups in total. The van der Waals surface area contributed by atoms with Crippen LogP contribution in [0.5, 0.6) is 0 Å². The minimum absolute atomic E-state index is 0.254. The summed E-state index contributed by atoms with van der Waals surface area (Å²) in [4.78, 5) is 4.59. The third kappa shape index (κ3) is 1.83. The maximum atomic E-state index is 13.3. The minimum Gasteiger partial charge on any atom is -0.324 e. The minimum atomic E-state index is -0.254. The summed E-state index contributed by atoms with van der Waals surface area (Å²) in [5.41, 5.74) is 5.71. The number of imidazole rings is 1. The number of nitrogens with zero attached hydrogens (tertiary/aromatic N) is 5. The van der Waals surface area contributed by atoms with Crippen molar-refractivity contribution in [2.24, 2.45) is 0 Å². The summed E-state index contributed by atoms with van der Waals surface area (Å²) < 4.78 is 17.2. The van der Waals surface area contributed by atoms with Gasteiger partial charge in [0.25, 0.3) is 0 Å². The van der Waals surface area contributed by atoms with E-state index in [9.17, 15) is 4.39 Å². The van der Waals surface area contributed by atoms with Crippen LogP contribution in [-0.2, 0) is 6.54 Å². The molecule has 6 heteroatoms. The van der Waals surface area contributed by atoms with Crippen LogP contribution in [0.3, 0.4) is 0 Å². The molecule has 0 saturated carbocycles. The van der Waals surface area contributed by atoms with Crippen molar-refractivity contribution in [3.05, 3.63) is 72.6 Å². The summed E-state index contributed by atoms with van der Waals surface area (Å²) in [5.74, 6) is -0.254. The van der Waals surface area contributed by atoms with E-state index in [0.29, 0.717) is 6.54 Å². The van der Waals surface area contributed by atoms with E-state index in [1.165, 1.54) is 12.1 Å². The van der Waals surface area contributed by atoms with Gasteiger partial charge < -0.3 is 4.57 Å². The molecule has 0 aliphatic carbocycles. The van der Waals surface area contributed by atoms with Crippen LogP contribution in [0, 0.1) is 5.82 Å². The van der Waals surface area contributed by atoms with Crippen molar-refractivity contribution in [1.29, 1.82) is 0 Å². The van der Waals surface area contributed by atoms with E-state index in [1.807, 2.05) is 35.3 Å². The van der Waals surface area contributed by atoms with Crippen LogP contribution in [-0.4, -0.2) is 24.5 Å². The summed E-state index contributed by atoms with van der Waals surface area (Å²) in [6, 6.07) is 14.5. The fraction of sp³-hybridized carbons (Fsp3) is 0.0556. The van der Waals surface area contributed by atoms with E-state index in [4.69, 9.17) is 0 Å². The van der Waals surface area contributed by atoms with Crippen LogP contribution >= 0.6 is 0 Å². The lowest BCUT2D eigenvalue weighted by atomic mass is 10.0. The molecule has 5 rings (SSSR count). The smallest absolute Gasteiger partial charge is 0.123 e. The molecule has 5 nitrogen and oxygen atoms in total. The fourth-order valence-electron chi connectivity index (χ4n) is 3.20. The zero-order valence-corrected chi connectivity index (χ0v) is 12.6. The maximum Gasteiger partial charge on any atom is 0.123 e. The van der Waals surface area contributed by atoms with Gasteiger partial charge >= 0.3 is 0 Å². The number of aromatic nitrogens is 5. The largest absolute Gasteiger partial charge is 0.324 e. The predicted octanol–water partition coefficient (Wildman–Crippen LogP) is 3.30. The van der Waals surface area contributed by atoms with Gasteiger partial charge in [-0.3, -0.25) is 0 Å². The molecule has 1 aliphatic rings. The van der Waals surface area contributed by atoms with E-state index in [-0.39, 0.29) is 5.82 Å². The number of hydrogen-bond acceptors (Lipinski definition) is 3. The lowest BCUT2D eigenvalue weighted by Gasteiger charge is -2.09. The van der Waals surface area contributed by atoms with Gasteiger partial charge in [-0.25, -0.2) is 14.1 Å². The van der Waals surface area contributed by atoms with Crippen LogP contribution in [0.4, 0.5) is 4.39 Å². The summed E-state index contributed by atoms with van der Waals surface area (Å²) in [5, 5.41) is 8.25. The average molecular weight is 317 g/mol. The summed E-state index contributed by atoms with van der Waals surface area (Å²) >= 11 is 0. The summed E-state index contributed by atoms with van der Waals surface area (Å²) in [6.45, 7) is 0.630. The maximum absolute atomic E-state index is 13.3. The van der Waals surface area contributed by atoms with Crippen LogP contribution in [0.2, 0.25) is 0 Å². The number of benzene rings is 2. The Balaban J connectivity index is 1.80. The Morgan fingerprint density at radius 1 is 1.00 bits per heavy atom. The second-order valence-corrected chi connectivity index (χ2v) is 5.73. The Kier molecular flexibility index (Phi) is 2.67. The van der Waals surface area contributed by atoms with Crippen LogP contribution in [0.15, 0.2) is 61.1 Å². The van der Waals surface area contributed by atoms with Gasteiger partial charge in [-0.1, -0.05) is 23.4 Å². The van der Waals surface area contributed by atoms with Gasteiger partial charge in [0.1, 0.15) is 5.82 Å². The normalized spacial score (nSPS) is 12.2. The number of fused-ring (bicyclic) bond motifs is 5. The Morgan fingerprint density at radius 3 is 2.71 bits per heavy atom. The lowest BCUT2D eigenvalue weighted by Crippen LogP contribution is -2.03. The highest BCUT2D eigenvalue weighted by atomic mass is 19.1. The topological polar surface area (TPSA) is 48.5 Å². The standard InChI is InChI=1S/C18H12FN5/c19-13-7-5-12(6-8-13)17-18-15-3-1-2-4-16(15)24-14(9-21-22-24)10-23(18)11-20-17/h1-9,11H,10H2. The Bertz CT molecular complexity index is 1050. The number of halogens is 1. The number of rotatable bonds is 1. The van der Waals surface area contributed by atoms with Crippen molar-refractivity contribution in [2.45, 2.75) is 6.54 Å². The van der Waals surface area contributed by atoms with E-state index >= 15 is 0 Å². The van der Waals surface area contributed by atoms with Crippen molar-refractivity contribution in [1.82, 2.24) is 24.5 Å². The predicted molar refractivity (Wildman–Crippen MR) is 87.1 cm³/mol. The van der Waals surface area contributed by atoms with E-state index < -0.39 is 0 Å². The zero-order chi connectivity index (χ0) is 16.1. The lowest BCUT2D eigenvalue weighted by molar-refractivity contribution is 0.628. The first kappa shape index (κ1) is 13.2. The molecule has 0 radical (unpaired) electrons. The molecule has 0 unspecified atom stereocenters. The molecule has 0 saturated heterocycles. The van der Waals surface area contributed by atoms with Crippen LogP contribution in [0.1, 0.15) is 5.69 Å². The molecular weight excluding hydrogens is 305 g/mol. The van der Waals surface area contributed by atoms with Gasteiger partial charge in [0.15, 0.2) is 0 Å². The molecule has 0 spiro atoms. The fourth-order valence-corrected chi connectivity index (χ4v) is 3.20. The summed E-state index contributed by atoms with van der Waals surface area (Å²) in [6.07, 6.45) is 3.58. The van der Waals surface area contributed by atoms with Crippen molar-refractivity contribution >= 4 is 0 Å². The second-order valence-electron chi connectivity index (χ2n) is 5.73. The van der Waals surface area contributed by atoms with Gasteiger partial charge in [0, 0.05) is 11.1 Å². The van der Waals surface area contributed by atoms with Gasteiger partial charge in [-0.2, -0.15) is 0 Å². The van der Waals surface area contributed by atoms with Gasteiger partial charge in [0.2, 0.25) is 0 Å². The van der Waals surface area contributed by atoms with Gasteiger partial charge in [-0.05, 0) is 30.3 Å². The highest BCUT2D eigenvalue weighted by Gasteiger charge is 2.23. The first-order valence-corrected chi connectivity index (χ1v) is 7.62. The van der Waals surface area contributed by atoms with E-state index in [0.717, 1.165) is 33.9 Å². The van der Waals surface area contributed by atoms with Crippen LogP contribution < -0.4 is 0 Å². The molecule has 4 aromatic rings. The Hall–Kier alpha value is -3.28. The molecule has 2 aromatic heterocycles. The Morgan fingerprint density at radius 2 is 1.83 bits per heavy atom. The third-order valence-corrected chi connectivity index (χ3v) is 4.29. The molecule has 0 atom stereocenters. The van der Waals surface area contributed by atoms with Gasteiger partial charge in [0.05, 0.1) is 41.8 Å². The summed E-state index contributed by atoms with van der Waals surface area (Å²) in [7, 11) is 0. The highest BCUT2D eigenvalue weighted by Crippen LogP contribution is 2.37. The molecule has 2 aromatic carbocycles. The molecule has 3 heterocycles. The van der Waals surface area contributed by atoms with Crippen molar-refractivity contribution in [3.63, 3.8) is 0 Å². The molecule has 0 fully saturated rings. The highest BCUT2D eigenvalue weighted by molar-refractivity contribution is 5.83. The number of para-hydroxylation sites is 1. The van der Waals surface area contributed by atoms with Gasteiger partial charge in [-0.15, -0.1) is 5.10 Å². The second kappa shape index (κ2) is 4.86. The third-order valence-electron chi connectivity index (χ3n) is 4.29. The van der Waals surface area contributed by atoms with Crippen molar-refractivity contribution in [2.75, 3.05) is 0 Å². The van der Waals surface area contributed by atoms with E-state index in [1.54, 1.807) is 18.3 Å². The quantitative estimate of drug-likeness (QED) is 0.476. The van der Waals surface area contributed by atoms with Crippen LogP contribution in [0.25, 0.3) is 28.2 Å². The monoisotopic (exact) mass is 317 g/mol. The Labute approximate surface area is 137 Å². The first-order chi connectivity index (χ1) is 11.8. The zero-order valence-electron chi connectivity index (χ0n) is 12.6. The molecule has 24 heavy (non-hydrogen) atoms. The molecular formula is C18H12FN5. The molecule has 1 aliphatic heterocycles.